The van der Waals surface area contributed by atoms with Crippen LogP contribution in [0.3, 0.4) is 0 Å². The van der Waals surface area contributed by atoms with E-state index in [-0.39, 0.29) is 12.5 Å². The summed E-state index contributed by atoms with van der Waals surface area (Å²) >= 11 is 1.70. The first-order chi connectivity index (χ1) is 12.3. The Balaban J connectivity index is 1.36. The van der Waals surface area contributed by atoms with Crippen molar-refractivity contribution in [1.29, 1.82) is 0 Å². The molecule has 25 heavy (non-hydrogen) atoms. The van der Waals surface area contributed by atoms with Crippen molar-refractivity contribution in [3.63, 3.8) is 0 Å². The van der Waals surface area contributed by atoms with Crippen molar-refractivity contribution in [3.8, 4) is 11.3 Å². The number of hydrogen-bond donors (Lipinski definition) is 0. The average Bonchev–Trinajstić information content (AvgIpc) is 3.34. The number of likely N-dealkylation sites (tertiary alicyclic amines) is 1. The minimum atomic E-state index is 0.0577. The summed E-state index contributed by atoms with van der Waals surface area (Å²) in [5, 5.41) is 14.1. The van der Waals surface area contributed by atoms with Gasteiger partial charge in [-0.15, -0.1) is 16.4 Å². The van der Waals surface area contributed by atoms with Gasteiger partial charge in [0, 0.05) is 42.3 Å². The molecular weight excluding hydrogens is 338 g/mol. The van der Waals surface area contributed by atoms with Gasteiger partial charge in [-0.2, -0.15) is 0 Å². The highest BCUT2D eigenvalue weighted by Gasteiger charge is 2.26. The lowest BCUT2D eigenvalue weighted by Gasteiger charge is -2.31. The maximum Gasteiger partial charge on any atom is 0.244 e. The molecule has 1 amide bonds. The van der Waals surface area contributed by atoms with Crippen LogP contribution in [0.4, 0.5) is 0 Å². The maximum absolute atomic E-state index is 12.3. The number of amides is 1. The summed E-state index contributed by atoms with van der Waals surface area (Å²) < 4.78 is 1.45. The Bertz CT molecular complexity index is 825. The lowest BCUT2D eigenvalue weighted by Crippen LogP contribution is -2.39. The first-order valence-electron chi connectivity index (χ1n) is 8.14. The zero-order valence-electron chi connectivity index (χ0n) is 13.5. The van der Waals surface area contributed by atoms with Crippen molar-refractivity contribution >= 4 is 17.2 Å². The van der Waals surface area contributed by atoms with Crippen LogP contribution in [0.15, 0.2) is 36.2 Å². The second kappa shape index (κ2) is 7.06. The molecule has 0 bridgehead atoms. The normalized spacial score (nSPS) is 15.4. The number of thiazole rings is 1. The number of carbonyl (C=O) groups excluding carboxylic acids is 1. The summed E-state index contributed by atoms with van der Waals surface area (Å²) in [6.07, 6.45) is 6.89. The van der Waals surface area contributed by atoms with Crippen LogP contribution < -0.4 is 0 Å². The summed E-state index contributed by atoms with van der Waals surface area (Å²) in [7, 11) is 0. The van der Waals surface area contributed by atoms with Crippen LogP contribution in [0.1, 0.15) is 23.8 Å². The molecule has 3 aromatic heterocycles. The molecule has 3 aromatic rings. The van der Waals surface area contributed by atoms with Crippen LogP contribution in [0.2, 0.25) is 0 Å². The topological polar surface area (TPSA) is 89.7 Å². The summed E-state index contributed by atoms with van der Waals surface area (Å²) in [5.74, 6) is 0.472. The van der Waals surface area contributed by atoms with E-state index in [2.05, 4.69) is 25.9 Å². The Kier molecular flexibility index (Phi) is 4.47. The maximum atomic E-state index is 12.3. The van der Waals surface area contributed by atoms with E-state index in [1.54, 1.807) is 23.7 Å². The zero-order chi connectivity index (χ0) is 17.1. The first-order valence-corrected chi connectivity index (χ1v) is 9.02. The van der Waals surface area contributed by atoms with Gasteiger partial charge in [0.1, 0.15) is 12.9 Å². The number of pyridine rings is 1. The largest absolute Gasteiger partial charge is 0.341 e. The van der Waals surface area contributed by atoms with E-state index in [0.717, 1.165) is 42.2 Å². The van der Waals surface area contributed by atoms with Gasteiger partial charge in [0.15, 0.2) is 0 Å². The molecule has 0 aliphatic carbocycles. The molecule has 1 saturated heterocycles. The van der Waals surface area contributed by atoms with Gasteiger partial charge in [0.25, 0.3) is 0 Å². The van der Waals surface area contributed by atoms with Crippen molar-refractivity contribution in [3.05, 3.63) is 41.2 Å². The summed E-state index contributed by atoms with van der Waals surface area (Å²) in [5.41, 5.74) is 2.09. The molecule has 0 atom stereocenters. The summed E-state index contributed by atoms with van der Waals surface area (Å²) in [6, 6.07) is 3.94. The fourth-order valence-electron chi connectivity index (χ4n) is 3.00. The molecule has 4 rings (SSSR count). The van der Waals surface area contributed by atoms with Gasteiger partial charge < -0.3 is 4.90 Å². The SMILES string of the molecule is O=C(Cn1cnnn1)N1CCC(c2nc(-c3ccncc3)cs2)CC1. The molecule has 0 unspecified atom stereocenters. The molecule has 0 N–H and O–H groups in total. The van der Waals surface area contributed by atoms with E-state index in [4.69, 9.17) is 4.98 Å². The van der Waals surface area contributed by atoms with Gasteiger partial charge in [-0.1, -0.05) is 0 Å². The fraction of sp³-hybridized carbons (Fsp3) is 0.375. The second-order valence-electron chi connectivity index (χ2n) is 5.97. The van der Waals surface area contributed by atoms with Gasteiger partial charge >= 0.3 is 0 Å². The van der Waals surface area contributed by atoms with E-state index >= 15 is 0 Å². The third-order valence-corrected chi connectivity index (χ3v) is 5.39. The standard InChI is InChI=1S/C16H17N7OS/c24-15(9-23-11-18-20-21-23)22-7-3-13(4-8-22)16-19-14(10-25-16)12-1-5-17-6-2-12/h1-2,5-6,10-11,13H,3-4,7-9H2. The van der Waals surface area contributed by atoms with E-state index in [9.17, 15) is 4.79 Å². The molecule has 4 heterocycles. The number of aromatic nitrogens is 6. The zero-order valence-corrected chi connectivity index (χ0v) is 14.3. The van der Waals surface area contributed by atoms with Crippen molar-refractivity contribution in [2.24, 2.45) is 0 Å². The Morgan fingerprint density at radius 2 is 2.04 bits per heavy atom. The minimum absolute atomic E-state index is 0.0577. The molecular formula is C16H17N7OS. The number of rotatable bonds is 4. The predicted molar refractivity (Wildman–Crippen MR) is 91.7 cm³/mol. The Morgan fingerprint density at radius 3 is 2.76 bits per heavy atom. The molecule has 1 fully saturated rings. The molecule has 1 aliphatic heterocycles. The van der Waals surface area contributed by atoms with E-state index in [0.29, 0.717) is 5.92 Å². The van der Waals surface area contributed by atoms with Crippen LogP contribution in [-0.4, -0.2) is 54.1 Å². The molecule has 1 aliphatic rings. The monoisotopic (exact) mass is 355 g/mol. The Morgan fingerprint density at radius 1 is 1.24 bits per heavy atom. The highest BCUT2D eigenvalue weighted by Crippen LogP contribution is 2.32. The molecule has 0 radical (unpaired) electrons. The van der Waals surface area contributed by atoms with Crippen LogP contribution >= 0.6 is 11.3 Å². The molecule has 0 saturated carbocycles. The second-order valence-corrected chi connectivity index (χ2v) is 6.86. The predicted octanol–water partition coefficient (Wildman–Crippen LogP) is 1.60. The molecule has 0 spiro atoms. The minimum Gasteiger partial charge on any atom is -0.341 e. The van der Waals surface area contributed by atoms with Crippen LogP contribution in [0.25, 0.3) is 11.3 Å². The quantitative estimate of drug-likeness (QED) is 0.706. The van der Waals surface area contributed by atoms with Crippen molar-refractivity contribution in [2.45, 2.75) is 25.3 Å². The number of carbonyl (C=O) groups is 1. The highest BCUT2D eigenvalue weighted by atomic mass is 32.1. The molecule has 128 valence electrons. The Hall–Kier alpha value is -2.68. The summed E-state index contributed by atoms with van der Waals surface area (Å²) in [6.45, 7) is 1.69. The lowest BCUT2D eigenvalue weighted by atomic mass is 9.97. The van der Waals surface area contributed by atoms with Crippen molar-refractivity contribution < 1.29 is 4.79 Å². The van der Waals surface area contributed by atoms with Gasteiger partial charge in [0.2, 0.25) is 5.91 Å². The smallest absolute Gasteiger partial charge is 0.244 e. The third kappa shape index (κ3) is 3.55. The van der Waals surface area contributed by atoms with E-state index < -0.39 is 0 Å². The fourth-order valence-corrected chi connectivity index (χ4v) is 4.00. The number of tetrazole rings is 1. The average molecular weight is 355 g/mol. The van der Waals surface area contributed by atoms with E-state index in [1.807, 2.05) is 17.0 Å². The van der Waals surface area contributed by atoms with Crippen LogP contribution in [-0.2, 0) is 11.3 Å². The Labute approximate surface area is 148 Å². The molecule has 8 nitrogen and oxygen atoms in total. The number of piperidine rings is 1. The number of hydrogen-bond acceptors (Lipinski definition) is 7. The third-order valence-electron chi connectivity index (χ3n) is 4.38. The highest BCUT2D eigenvalue weighted by molar-refractivity contribution is 7.10. The molecule has 9 heteroatoms. The van der Waals surface area contributed by atoms with Crippen molar-refractivity contribution in [1.82, 2.24) is 35.1 Å². The van der Waals surface area contributed by atoms with Gasteiger partial charge in [-0.3, -0.25) is 9.78 Å². The number of nitrogens with zero attached hydrogens (tertiary/aromatic N) is 7. The van der Waals surface area contributed by atoms with Crippen molar-refractivity contribution in [2.75, 3.05) is 13.1 Å². The summed E-state index contributed by atoms with van der Waals surface area (Å²) in [4.78, 5) is 23.0. The first kappa shape index (κ1) is 15.8. The lowest BCUT2D eigenvalue weighted by molar-refractivity contribution is -0.133. The van der Waals surface area contributed by atoms with Crippen LogP contribution in [0.5, 0.6) is 0 Å². The molecule has 0 aromatic carbocycles. The van der Waals surface area contributed by atoms with Gasteiger partial charge in [-0.05, 0) is 35.4 Å². The van der Waals surface area contributed by atoms with Gasteiger partial charge in [-0.25, -0.2) is 9.67 Å². The van der Waals surface area contributed by atoms with E-state index in [1.165, 1.54) is 11.0 Å². The van der Waals surface area contributed by atoms with Gasteiger partial charge in [0.05, 0.1) is 10.7 Å². The van der Waals surface area contributed by atoms with Crippen LogP contribution in [0, 0.1) is 0 Å².